The number of halogens is 1. The Morgan fingerprint density at radius 1 is 1.41 bits per heavy atom. The highest BCUT2D eigenvalue weighted by molar-refractivity contribution is 5.73. The lowest BCUT2D eigenvalue weighted by atomic mass is 10.1. The van der Waals surface area contributed by atoms with Crippen molar-refractivity contribution in [2.45, 2.75) is 26.2 Å². The number of hydrogen-bond donors (Lipinski definition) is 3. The van der Waals surface area contributed by atoms with Gasteiger partial charge in [-0.2, -0.15) is 0 Å². The number of primary amides is 1. The maximum Gasteiger partial charge on any atom is 0.217 e. The number of aryl methyl sites for hydroxylation is 1. The van der Waals surface area contributed by atoms with Crippen LogP contribution in [0.2, 0.25) is 0 Å². The molecule has 5 heteroatoms. The summed E-state index contributed by atoms with van der Waals surface area (Å²) in [6.07, 6.45) is 1.95. The Hall–Kier alpha value is -1.78. The van der Waals surface area contributed by atoms with Gasteiger partial charge in [0.05, 0.1) is 11.4 Å². The Morgan fingerprint density at radius 2 is 2.12 bits per heavy atom. The third-order valence-electron chi connectivity index (χ3n) is 2.50. The van der Waals surface area contributed by atoms with Gasteiger partial charge in [-0.25, -0.2) is 4.39 Å². The SMILES string of the molecule is Cc1cc(NCCCCC(N)=O)c(N)cc1F. The number of amides is 1. The average molecular weight is 239 g/mol. The van der Waals surface area contributed by atoms with Crippen molar-refractivity contribution in [1.82, 2.24) is 0 Å². The summed E-state index contributed by atoms with van der Waals surface area (Å²) >= 11 is 0. The van der Waals surface area contributed by atoms with Crippen LogP contribution in [0.1, 0.15) is 24.8 Å². The number of nitrogens with two attached hydrogens (primary N) is 2. The minimum absolute atomic E-state index is 0.290. The number of carbonyl (C=O) groups excluding carboxylic acids is 1. The summed E-state index contributed by atoms with van der Waals surface area (Å²) < 4.78 is 13.1. The standard InChI is InChI=1S/C12H18FN3O/c1-8-6-11(10(14)7-9(8)13)16-5-3-2-4-12(15)17/h6-7,16H,2-5,14H2,1H3,(H2,15,17). The highest BCUT2D eigenvalue weighted by Gasteiger charge is 2.04. The van der Waals surface area contributed by atoms with E-state index in [1.54, 1.807) is 13.0 Å². The lowest BCUT2D eigenvalue weighted by molar-refractivity contribution is -0.118. The molecule has 1 aromatic carbocycles. The molecular weight excluding hydrogens is 221 g/mol. The Bertz CT molecular complexity index is 407. The van der Waals surface area contributed by atoms with Crippen LogP contribution in [0, 0.1) is 12.7 Å². The molecule has 94 valence electrons. The minimum Gasteiger partial charge on any atom is -0.397 e. The van der Waals surface area contributed by atoms with Crippen LogP contribution in [0.15, 0.2) is 12.1 Å². The third-order valence-corrected chi connectivity index (χ3v) is 2.50. The highest BCUT2D eigenvalue weighted by atomic mass is 19.1. The van der Waals surface area contributed by atoms with Gasteiger partial charge in [0, 0.05) is 13.0 Å². The molecule has 5 N–H and O–H groups in total. The number of rotatable bonds is 6. The van der Waals surface area contributed by atoms with Crippen LogP contribution in [0.3, 0.4) is 0 Å². The van der Waals surface area contributed by atoms with Crippen molar-refractivity contribution in [2.24, 2.45) is 5.73 Å². The summed E-state index contributed by atoms with van der Waals surface area (Å²) in [7, 11) is 0. The molecular formula is C12H18FN3O. The number of unbranched alkanes of at least 4 members (excludes halogenated alkanes) is 1. The molecule has 0 aliphatic carbocycles. The van der Waals surface area contributed by atoms with Gasteiger partial charge in [0.25, 0.3) is 0 Å². The van der Waals surface area contributed by atoms with E-state index in [4.69, 9.17) is 11.5 Å². The van der Waals surface area contributed by atoms with Crippen molar-refractivity contribution >= 4 is 17.3 Å². The molecule has 17 heavy (non-hydrogen) atoms. The maximum atomic E-state index is 13.1. The van der Waals surface area contributed by atoms with E-state index < -0.39 is 0 Å². The molecule has 1 rings (SSSR count). The molecule has 0 aromatic heterocycles. The molecule has 0 unspecified atom stereocenters. The van der Waals surface area contributed by atoms with E-state index in [9.17, 15) is 9.18 Å². The molecule has 0 atom stereocenters. The topological polar surface area (TPSA) is 81.1 Å². The summed E-state index contributed by atoms with van der Waals surface area (Å²) in [5.74, 6) is -0.594. The average Bonchev–Trinajstić information content (AvgIpc) is 2.24. The molecule has 0 bridgehead atoms. The molecule has 0 heterocycles. The Morgan fingerprint density at radius 3 is 2.76 bits per heavy atom. The van der Waals surface area contributed by atoms with E-state index >= 15 is 0 Å². The predicted octanol–water partition coefficient (Wildman–Crippen LogP) is 1.78. The van der Waals surface area contributed by atoms with Crippen LogP contribution in [-0.2, 0) is 4.79 Å². The van der Waals surface area contributed by atoms with Gasteiger partial charge in [0.15, 0.2) is 0 Å². The maximum absolute atomic E-state index is 13.1. The van der Waals surface area contributed by atoms with E-state index in [1.165, 1.54) is 6.07 Å². The number of carbonyl (C=O) groups is 1. The second kappa shape index (κ2) is 6.08. The Labute approximate surface area is 100 Å². The zero-order valence-corrected chi connectivity index (χ0v) is 9.92. The molecule has 1 amide bonds. The van der Waals surface area contributed by atoms with Crippen LogP contribution < -0.4 is 16.8 Å². The van der Waals surface area contributed by atoms with Gasteiger partial charge in [-0.1, -0.05) is 0 Å². The Kier molecular flexibility index (Phi) is 4.75. The van der Waals surface area contributed by atoms with Crippen molar-refractivity contribution in [3.05, 3.63) is 23.5 Å². The lowest BCUT2D eigenvalue weighted by Crippen LogP contribution is -2.11. The molecule has 0 aliphatic rings. The molecule has 0 aliphatic heterocycles. The van der Waals surface area contributed by atoms with Crippen LogP contribution in [0.5, 0.6) is 0 Å². The van der Waals surface area contributed by atoms with Crippen LogP contribution in [0.4, 0.5) is 15.8 Å². The summed E-state index contributed by atoms with van der Waals surface area (Å²) in [6.45, 7) is 2.37. The second-order valence-electron chi connectivity index (χ2n) is 4.04. The fraction of sp³-hybridized carbons (Fsp3) is 0.417. The van der Waals surface area contributed by atoms with Crippen molar-refractivity contribution in [3.8, 4) is 0 Å². The number of benzene rings is 1. The van der Waals surface area contributed by atoms with Gasteiger partial charge in [0.2, 0.25) is 5.91 Å². The molecule has 0 radical (unpaired) electrons. The summed E-state index contributed by atoms with van der Waals surface area (Å²) in [5.41, 5.74) is 12.4. The number of anilines is 2. The van der Waals surface area contributed by atoms with Gasteiger partial charge >= 0.3 is 0 Å². The molecule has 0 spiro atoms. The minimum atomic E-state index is -0.304. The van der Waals surface area contributed by atoms with Gasteiger partial charge < -0.3 is 16.8 Å². The monoisotopic (exact) mass is 239 g/mol. The van der Waals surface area contributed by atoms with Crippen molar-refractivity contribution in [1.29, 1.82) is 0 Å². The van der Waals surface area contributed by atoms with Crippen LogP contribution in [-0.4, -0.2) is 12.5 Å². The fourth-order valence-corrected chi connectivity index (χ4v) is 1.50. The van der Waals surface area contributed by atoms with Gasteiger partial charge in [-0.3, -0.25) is 4.79 Å². The first kappa shape index (κ1) is 13.3. The zero-order valence-electron chi connectivity index (χ0n) is 9.92. The van der Waals surface area contributed by atoms with E-state index in [0.29, 0.717) is 24.2 Å². The van der Waals surface area contributed by atoms with E-state index in [0.717, 1.165) is 18.5 Å². The molecule has 1 aromatic rings. The first-order chi connectivity index (χ1) is 8.00. The fourth-order valence-electron chi connectivity index (χ4n) is 1.50. The molecule has 0 saturated heterocycles. The summed E-state index contributed by atoms with van der Waals surface area (Å²) in [4.78, 5) is 10.5. The van der Waals surface area contributed by atoms with Crippen molar-refractivity contribution in [3.63, 3.8) is 0 Å². The first-order valence-corrected chi connectivity index (χ1v) is 5.58. The zero-order chi connectivity index (χ0) is 12.8. The van der Waals surface area contributed by atoms with Crippen molar-refractivity contribution < 1.29 is 9.18 Å². The lowest BCUT2D eigenvalue weighted by Gasteiger charge is -2.10. The van der Waals surface area contributed by atoms with Crippen molar-refractivity contribution in [2.75, 3.05) is 17.6 Å². The van der Waals surface area contributed by atoms with E-state index in [2.05, 4.69) is 5.32 Å². The third kappa shape index (κ3) is 4.30. The van der Waals surface area contributed by atoms with Gasteiger partial charge in [-0.05, 0) is 37.5 Å². The Balaban J connectivity index is 2.41. The smallest absolute Gasteiger partial charge is 0.217 e. The normalized spacial score (nSPS) is 10.2. The van der Waals surface area contributed by atoms with E-state index in [1.807, 2.05) is 0 Å². The van der Waals surface area contributed by atoms with Gasteiger partial charge in [0.1, 0.15) is 5.82 Å². The predicted molar refractivity (Wildman–Crippen MR) is 67.1 cm³/mol. The largest absolute Gasteiger partial charge is 0.397 e. The molecule has 4 nitrogen and oxygen atoms in total. The van der Waals surface area contributed by atoms with E-state index in [-0.39, 0.29) is 11.7 Å². The van der Waals surface area contributed by atoms with Crippen LogP contribution in [0.25, 0.3) is 0 Å². The number of nitrogen functional groups attached to an aromatic ring is 1. The summed E-state index contributed by atoms with van der Waals surface area (Å²) in [5, 5.41) is 3.11. The second-order valence-corrected chi connectivity index (χ2v) is 4.04. The molecule has 0 fully saturated rings. The quantitative estimate of drug-likeness (QED) is 0.523. The number of hydrogen-bond acceptors (Lipinski definition) is 3. The molecule has 0 saturated carbocycles. The van der Waals surface area contributed by atoms with Crippen LogP contribution >= 0.6 is 0 Å². The highest BCUT2D eigenvalue weighted by Crippen LogP contribution is 2.22. The number of nitrogens with one attached hydrogen (secondary N) is 1. The van der Waals surface area contributed by atoms with Gasteiger partial charge in [-0.15, -0.1) is 0 Å². The summed E-state index contributed by atoms with van der Waals surface area (Å²) in [6, 6.07) is 2.99. The first-order valence-electron chi connectivity index (χ1n) is 5.58.